The van der Waals surface area contributed by atoms with Crippen molar-refractivity contribution in [2.45, 2.75) is 27.7 Å². The second-order valence-corrected chi connectivity index (χ2v) is 15.4. The van der Waals surface area contributed by atoms with E-state index in [4.69, 9.17) is 0 Å². The van der Waals surface area contributed by atoms with Crippen LogP contribution in [0.15, 0.2) is 200 Å². The van der Waals surface area contributed by atoms with E-state index >= 15 is 0 Å². The number of aliphatic carboxylic acids is 1. The van der Waals surface area contributed by atoms with E-state index in [-0.39, 0.29) is 5.57 Å². The van der Waals surface area contributed by atoms with Gasteiger partial charge in [0.15, 0.2) is 0 Å². The van der Waals surface area contributed by atoms with Crippen molar-refractivity contribution in [3.63, 3.8) is 0 Å². The van der Waals surface area contributed by atoms with Gasteiger partial charge in [-0.2, -0.15) is 5.26 Å². The zero-order valence-corrected chi connectivity index (χ0v) is 35.5. The molecule has 0 aliphatic rings. The molecule has 0 spiro atoms. The lowest BCUT2D eigenvalue weighted by Gasteiger charge is -2.26. The number of hydrogen-bond acceptors (Lipinski definition) is 3. The number of allylic oxidation sites excluding steroid dienone is 4. The Balaban J connectivity index is 1.19. The van der Waals surface area contributed by atoms with E-state index in [1.165, 1.54) is 28.3 Å². The van der Waals surface area contributed by atoms with Gasteiger partial charge in [-0.05, 0) is 120 Å². The number of nitriles is 1. The van der Waals surface area contributed by atoms with Crippen molar-refractivity contribution in [3.8, 4) is 6.07 Å². The predicted octanol–water partition coefficient (Wildman–Crippen LogP) is 14.7. The minimum absolute atomic E-state index is 0.318. The number of hydrogen-bond donors (Lipinski definition) is 1. The zero-order valence-electron chi connectivity index (χ0n) is 35.5. The fraction of sp³-hybridized carbons (Fsp3) is 0.0690. The number of carbonyl (C=O) groups is 1. The van der Waals surface area contributed by atoms with Gasteiger partial charge >= 0.3 is 5.97 Å². The number of anilines is 3. The molecule has 0 atom stereocenters. The van der Waals surface area contributed by atoms with Crippen molar-refractivity contribution in [2.75, 3.05) is 4.90 Å². The van der Waals surface area contributed by atoms with Gasteiger partial charge in [0.2, 0.25) is 0 Å². The van der Waals surface area contributed by atoms with Crippen LogP contribution >= 0.6 is 0 Å². The van der Waals surface area contributed by atoms with Crippen LogP contribution in [0.3, 0.4) is 0 Å². The SMILES string of the molecule is Cc1ccc(C(=C/C=C/c2ccc(N(c3ccc(C=C(C#N)C(=O)O)cc3)c3ccc(/C=C/C=C(c4ccc(C)cc4)c4ccc(C)cc4)cc3)cc2)c2ccc(C)cc2)cc1. The highest BCUT2D eigenvalue weighted by Crippen LogP contribution is 2.36. The molecular formula is C58H48N2O2. The Kier molecular flexibility index (Phi) is 13.5. The van der Waals surface area contributed by atoms with Gasteiger partial charge in [-0.1, -0.05) is 192 Å². The number of carboxylic acid groups (broad SMARTS) is 1. The van der Waals surface area contributed by atoms with E-state index in [9.17, 15) is 15.2 Å². The Morgan fingerprint density at radius 2 is 0.742 bits per heavy atom. The Bertz CT molecular complexity index is 2580. The first kappa shape index (κ1) is 42.1. The van der Waals surface area contributed by atoms with Crippen molar-refractivity contribution in [3.05, 3.63) is 261 Å². The molecule has 7 rings (SSSR count). The molecule has 0 saturated carbocycles. The lowest BCUT2D eigenvalue weighted by molar-refractivity contribution is -0.132. The van der Waals surface area contributed by atoms with E-state index in [2.05, 4.69) is 215 Å². The quantitative estimate of drug-likeness (QED) is 0.0716. The van der Waals surface area contributed by atoms with Crippen LogP contribution in [-0.4, -0.2) is 11.1 Å². The minimum atomic E-state index is -1.25. The highest BCUT2D eigenvalue weighted by molar-refractivity contribution is 5.96. The molecule has 0 fully saturated rings. The average Bonchev–Trinajstić information content (AvgIpc) is 3.29. The van der Waals surface area contributed by atoms with E-state index in [0.29, 0.717) is 5.56 Å². The van der Waals surface area contributed by atoms with Crippen LogP contribution in [0.25, 0.3) is 29.4 Å². The van der Waals surface area contributed by atoms with E-state index in [0.717, 1.165) is 61.6 Å². The molecule has 0 unspecified atom stereocenters. The second kappa shape index (κ2) is 19.8. The fourth-order valence-electron chi connectivity index (χ4n) is 7.11. The first-order valence-corrected chi connectivity index (χ1v) is 20.6. The summed E-state index contributed by atoms with van der Waals surface area (Å²) in [6.07, 6.45) is 14.2. The van der Waals surface area contributed by atoms with Crippen LogP contribution in [0.2, 0.25) is 0 Å². The highest BCUT2D eigenvalue weighted by atomic mass is 16.4. The van der Waals surface area contributed by atoms with Gasteiger partial charge in [-0.3, -0.25) is 0 Å². The highest BCUT2D eigenvalue weighted by Gasteiger charge is 2.14. The first-order chi connectivity index (χ1) is 30.1. The molecule has 0 bridgehead atoms. The molecule has 62 heavy (non-hydrogen) atoms. The molecule has 4 heteroatoms. The average molecular weight is 805 g/mol. The molecule has 0 saturated heterocycles. The van der Waals surface area contributed by atoms with Crippen molar-refractivity contribution < 1.29 is 9.90 Å². The normalized spacial score (nSPS) is 11.3. The predicted molar refractivity (Wildman–Crippen MR) is 259 cm³/mol. The third-order valence-corrected chi connectivity index (χ3v) is 10.7. The Labute approximate surface area is 365 Å². The van der Waals surface area contributed by atoms with Gasteiger partial charge in [0, 0.05) is 17.1 Å². The summed E-state index contributed by atoms with van der Waals surface area (Å²) in [6.45, 7) is 8.41. The van der Waals surface area contributed by atoms with E-state index in [1.807, 2.05) is 24.3 Å². The van der Waals surface area contributed by atoms with Gasteiger partial charge in [0.25, 0.3) is 0 Å². The molecule has 0 radical (unpaired) electrons. The van der Waals surface area contributed by atoms with Crippen molar-refractivity contribution in [2.24, 2.45) is 0 Å². The van der Waals surface area contributed by atoms with Crippen molar-refractivity contribution in [1.82, 2.24) is 0 Å². The van der Waals surface area contributed by atoms with Crippen LogP contribution in [0, 0.1) is 39.0 Å². The number of carboxylic acids is 1. The maximum Gasteiger partial charge on any atom is 0.346 e. The summed E-state index contributed by atoms with van der Waals surface area (Å²) in [5, 5.41) is 18.7. The lowest BCUT2D eigenvalue weighted by atomic mass is 9.96. The maximum absolute atomic E-state index is 11.5. The van der Waals surface area contributed by atoms with Crippen LogP contribution in [0.1, 0.15) is 61.2 Å². The minimum Gasteiger partial charge on any atom is -0.477 e. The Morgan fingerprint density at radius 3 is 1.02 bits per heavy atom. The fourth-order valence-corrected chi connectivity index (χ4v) is 7.11. The third kappa shape index (κ3) is 10.8. The number of nitrogens with zero attached hydrogens (tertiary/aromatic N) is 2. The summed E-state index contributed by atoms with van der Waals surface area (Å²) in [6, 6.07) is 60.7. The smallest absolute Gasteiger partial charge is 0.346 e. The summed E-state index contributed by atoms with van der Waals surface area (Å²) < 4.78 is 0. The number of rotatable bonds is 13. The number of benzene rings is 7. The summed E-state index contributed by atoms with van der Waals surface area (Å²) in [4.78, 5) is 13.7. The molecular weight excluding hydrogens is 757 g/mol. The molecule has 7 aromatic carbocycles. The van der Waals surface area contributed by atoms with E-state index < -0.39 is 5.97 Å². The standard InChI is InChI=1S/C58H48N2O2/c1-41-11-25-48(26-12-41)56(49-27-13-42(2)14-28-49)9-5-7-45-19-33-53(34-20-45)60(55-37-23-47(24-38-55)39-52(40-59)58(61)62)54-35-21-46(22-36-54)8-6-10-57(50-29-15-43(3)16-30-50)51-31-17-44(4)18-32-51/h5-39H,1-4H3,(H,61,62)/b7-5+,8-6+,52-39?. The van der Waals surface area contributed by atoms with Gasteiger partial charge in [-0.25, -0.2) is 4.79 Å². The largest absolute Gasteiger partial charge is 0.477 e. The molecule has 0 aliphatic heterocycles. The van der Waals surface area contributed by atoms with Gasteiger partial charge in [0.05, 0.1) is 0 Å². The third-order valence-electron chi connectivity index (χ3n) is 10.7. The maximum atomic E-state index is 11.5. The van der Waals surface area contributed by atoms with Crippen LogP contribution in [0.4, 0.5) is 17.1 Å². The van der Waals surface area contributed by atoms with Crippen LogP contribution in [0.5, 0.6) is 0 Å². The van der Waals surface area contributed by atoms with Gasteiger partial charge in [0.1, 0.15) is 11.6 Å². The molecule has 302 valence electrons. The topological polar surface area (TPSA) is 64.3 Å². The monoisotopic (exact) mass is 804 g/mol. The second-order valence-electron chi connectivity index (χ2n) is 15.4. The molecule has 0 aromatic heterocycles. The van der Waals surface area contributed by atoms with Crippen molar-refractivity contribution >= 4 is 52.4 Å². The van der Waals surface area contributed by atoms with Crippen LogP contribution < -0.4 is 4.90 Å². The van der Waals surface area contributed by atoms with Gasteiger partial charge < -0.3 is 10.0 Å². The lowest BCUT2D eigenvalue weighted by Crippen LogP contribution is -2.09. The van der Waals surface area contributed by atoms with Crippen molar-refractivity contribution in [1.29, 1.82) is 5.26 Å². The Hall–Kier alpha value is -8.00. The summed E-state index contributed by atoms with van der Waals surface area (Å²) in [5.41, 5.74) is 17.1. The molecule has 0 heterocycles. The van der Waals surface area contributed by atoms with Crippen LogP contribution in [-0.2, 0) is 4.79 Å². The Morgan fingerprint density at radius 1 is 0.452 bits per heavy atom. The van der Waals surface area contributed by atoms with Gasteiger partial charge in [-0.15, -0.1) is 0 Å². The molecule has 4 nitrogen and oxygen atoms in total. The van der Waals surface area contributed by atoms with E-state index in [1.54, 1.807) is 6.07 Å². The molecule has 1 N–H and O–H groups in total. The molecule has 7 aromatic rings. The zero-order chi connectivity index (χ0) is 43.4. The first-order valence-electron chi connectivity index (χ1n) is 20.6. The summed E-state index contributed by atoms with van der Waals surface area (Å²) in [7, 11) is 0. The molecule has 0 amide bonds. The summed E-state index contributed by atoms with van der Waals surface area (Å²) >= 11 is 0. The molecule has 0 aliphatic carbocycles. The number of aryl methyl sites for hydroxylation is 4. The summed E-state index contributed by atoms with van der Waals surface area (Å²) in [5.74, 6) is -1.25.